The van der Waals surface area contributed by atoms with E-state index in [9.17, 15) is 14.0 Å². The molecule has 2 amide bonds. The van der Waals surface area contributed by atoms with E-state index in [-0.39, 0.29) is 11.4 Å². The zero-order chi connectivity index (χ0) is 18.5. The molecule has 4 rings (SSSR count). The second-order valence-electron chi connectivity index (χ2n) is 6.22. The number of amides is 2. The standard InChI is InChI=1S/C17H16FN5O3/c18-9-1-2-10-12(3-6-26-13(10)7-9)17(16(20)25)4-5-21-15-11(14(19)24)8-22-23(15)17/h1-2,4-5,7-8,12,22H,3,6H2,(H2,19,24)(H2,20,25)/t12-,17?/m0/s1. The van der Waals surface area contributed by atoms with Crippen molar-refractivity contribution >= 4 is 17.6 Å². The van der Waals surface area contributed by atoms with E-state index in [0.29, 0.717) is 24.3 Å². The van der Waals surface area contributed by atoms with Gasteiger partial charge in [0.25, 0.3) is 5.91 Å². The number of nitrogens with zero attached hydrogens (tertiary/aromatic N) is 2. The van der Waals surface area contributed by atoms with Crippen LogP contribution in [0.25, 0.3) is 0 Å². The molecule has 8 nitrogen and oxygen atoms in total. The van der Waals surface area contributed by atoms with E-state index in [2.05, 4.69) is 10.4 Å². The zero-order valence-corrected chi connectivity index (χ0v) is 13.6. The molecular formula is C17H16FN5O3. The van der Waals surface area contributed by atoms with E-state index in [4.69, 9.17) is 16.2 Å². The van der Waals surface area contributed by atoms with Crippen LogP contribution in [0, 0.1) is 5.82 Å². The van der Waals surface area contributed by atoms with Crippen molar-refractivity contribution < 1.29 is 18.7 Å². The third-order valence-corrected chi connectivity index (χ3v) is 4.89. The van der Waals surface area contributed by atoms with Crippen molar-refractivity contribution in [1.29, 1.82) is 0 Å². The van der Waals surface area contributed by atoms with Crippen LogP contribution in [0.4, 0.5) is 4.39 Å². The van der Waals surface area contributed by atoms with Crippen molar-refractivity contribution in [2.45, 2.75) is 17.9 Å². The Hall–Kier alpha value is -3.36. The number of hydrogen-bond acceptors (Lipinski definition) is 6. The lowest BCUT2D eigenvalue weighted by molar-refractivity contribution is -0.128. The minimum absolute atomic E-state index is 0.145. The highest BCUT2D eigenvalue weighted by molar-refractivity contribution is 6.22. The first kappa shape index (κ1) is 16.1. The second-order valence-corrected chi connectivity index (χ2v) is 6.22. The maximum atomic E-state index is 13.6. The van der Waals surface area contributed by atoms with Crippen LogP contribution in [-0.4, -0.2) is 34.8 Å². The Bertz CT molecular complexity index is 910. The zero-order valence-electron chi connectivity index (χ0n) is 13.6. The Balaban J connectivity index is 1.84. The Kier molecular flexibility index (Phi) is 3.46. The molecule has 3 aliphatic heterocycles. The minimum atomic E-state index is -1.36. The molecule has 26 heavy (non-hydrogen) atoms. The molecule has 0 radical (unpaired) electrons. The van der Waals surface area contributed by atoms with Crippen LogP contribution in [0.1, 0.15) is 17.9 Å². The number of nitrogens with two attached hydrogens (primary N) is 2. The largest absolute Gasteiger partial charge is 0.493 e. The first-order valence-corrected chi connectivity index (χ1v) is 7.99. The summed E-state index contributed by atoms with van der Waals surface area (Å²) < 4.78 is 19.1. The normalized spacial score (nSPS) is 26.0. The van der Waals surface area contributed by atoms with Gasteiger partial charge in [-0.2, -0.15) is 0 Å². The molecule has 1 aromatic carbocycles. The molecule has 0 bridgehead atoms. The van der Waals surface area contributed by atoms with Crippen molar-refractivity contribution in [3.05, 3.63) is 53.6 Å². The lowest BCUT2D eigenvalue weighted by Crippen LogP contribution is -2.65. The first-order valence-electron chi connectivity index (χ1n) is 7.99. The van der Waals surface area contributed by atoms with E-state index >= 15 is 0 Å². The van der Waals surface area contributed by atoms with Crippen LogP contribution in [0.5, 0.6) is 5.75 Å². The highest BCUT2D eigenvalue weighted by Crippen LogP contribution is 2.45. The molecule has 0 saturated heterocycles. The van der Waals surface area contributed by atoms with E-state index in [0.717, 1.165) is 0 Å². The Morgan fingerprint density at radius 2 is 2.19 bits per heavy atom. The molecule has 0 spiro atoms. The molecule has 1 unspecified atom stereocenters. The van der Waals surface area contributed by atoms with Crippen LogP contribution in [-0.2, 0) is 9.59 Å². The minimum Gasteiger partial charge on any atom is -0.493 e. The predicted octanol–water partition coefficient (Wildman–Crippen LogP) is 0.0311. The van der Waals surface area contributed by atoms with Gasteiger partial charge in [0, 0.05) is 29.9 Å². The number of nitrogens with one attached hydrogen (secondary N) is 1. The summed E-state index contributed by atoms with van der Waals surface area (Å²) >= 11 is 0. The van der Waals surface area contributed by atoms with Crippen molar-refractivity contribution in [3.63, 3.8) is 0 Å². The molecule has 0 saturated carbocycles. The molecule has 3 aliphatic rings. The van der Waals surface area contributed by atoms with Crippen LogP contribution >= 0.6 is 0 Å². The molecule has 0 fully saturated rings. The summed E-state index contributed by atoms with van der Waals surface area (Å²) in [6.45, 7) is 0.292. The van der Waals surface area contributed by atoms with Crippen LogP contribution in [0.3, 0.4) is 0 Å². The molecule has 5 N–H and O–H groups in total. The van der Waals surface area contributed by atoms with E-state index in [1.54, 1.807) is 12.1 Å². The highest BCUT2D eigenvalue weighted by Gasteiger charge is 2.54. The quantitative estimate of drug-likeness (QED) is 0.704. The van der Waals surface area contributed by atoms with E-state index in [1.807, 2.05) is 0 Å². The second kappa shape index (κ2) is 5.58. The molecule has 0 aromatic heterocycles. The van der Waals surface area contributed by atoms with Crippen LogP contribution in [0.15, 0.2) is 47.2 Å². The number of ether oxygens (including phenoxy) is 1. The van der Waals surface area contributed by atoms with Crippen molar-refractivity contribution in [2.24, 2.45) is 16.5 Å². The van der Waals surface area contributed by atoms with Gasteiger partial charge in [0.05, 0.1) is 6.61 Å². The van der Waals surface area contributed by atoms with Crippen LogP contribution < -0.4 is 21.6 Å². The van der Waals surface area contributed by atoms with Gasteiger partial charge in [0.2, 0.25) is 5.91 Å². The summed E-state index contributed by atoms with van der Waals surface area (Å²) in [6.07, 6.45) is 4.85. The summed E-state index contributed by atoms with van der Waals surface area (Å²) in [6, 6.07) is 4.17. The maximum absolute atomic E-state index is 13.6. The van der Waals surface area contributed by atoms with Gasteiger partial charge >= 0.3 is 0 Å². The number of fused-ring (bicyclic) bond motifs is 2. The lowest BCUT2D eigenvalue weighted by atomic mass is 9.74. The van der Waals surface area contributed by atoms with Crippen molar-refractivity contribution in [1.82, 2.24) is 10.4 Å². The van der Waals surface area contributed by atoms with Crippen molar-refractivity contribution in [3.8, 4) is 5.75 Å². The number of hydrazine groups is 1. The first-order chi connectivity index (χ1) is 12.4. The number of carbonyl (C=O) groups excluding carboxylic acids is 2. The van der Waals surface area contributed by atoms with Gasteiger partial charge in [-0.1, -0.05) is 6.07 Å². The number of primary amides is 2. The molecule has 2 atom stereocenters. The van der Waals surface area contributed by atoms with Gasteiger partial charge in [-0.05, 0) is 18.6 Å². The van der Waals surface area contributed by atoms with Crippen molar-refractivity contribution in [2.75, 3.05) is 6.61 Å². The number of benzene rings is 1. The van der Waals surface area contributed by atoms with Gasteiger partial charge in [-0.15, -0.1) is 0 Å². The Morgan fingerprint density at radius 3 is 2.92 bits per heavy atom. The number of hydrogen-bond donors (Lipinski definition) is 3. The lowest BCUT2D eigenvalue weighted by Gasteiger charge is -2.46. The fraction of sp³-hybridized carbons (Fsp3) is 0.235. The number of carbonyl (C=O) groups is 2. The average molecular weight is 357 g/mol. The summed E-state index contributed by atoms with van der Waals surface area (Å²) in [7, 11) is 0. The summed E-state index contributed by atoms with van der Waals surface area (Å²) in [5, 5.41) is 1.44. The molecule has 1 aromatic rings. The summed E-state index contributed by atoms with van der Waals surface area (Å²) in [4.78, 5) is 28.5. The number of aliphatic imine (C=N–C) groups is 1. The fourth-order valence-corrected chi connectivity index (χ4v) is 3.72. The molecule has 3 heterocycles. The topological polar surface area (TPSA) is 123 Å². The van der Waals surface area contributed by atoms with Gasteiger partial charge in [0.15, 0.2) is 11.4 Å². The molecule has 134 valence electrons. The maximum Gasteiger partial charge on any atom is 0.254 e. The Labute approximate surface area is 148 Å². The van der Waals surface area contributed by atoms with Crippen LogP contribution in [0.2, 0.25) is 0 Å². The predicted molar refractivity (Wildman–Crippen MR) is 90.0 cm³/mol. The van der Waals surface area contributed by atoms with E-state index in [1.165, 1.54) is 29.5 Å². The third-order valence-electron chi connectivity index (χ3n) is 4.89. The molecule has 0 aliphatic carbocycles. The number of rotatable bonds is 3. The molecule has 9 heteroatoms. The smallest absolute Gasteiger partial charge is 0.254 e. The monoisotopic (exact) mass is 357 g/mol. The molecular weight excluding hydrogens is 341 g/mol. The van der Waals surface area contributed by atoms with Gasteiger partial charge in [0.1, 0.15) is 17.1 Å². The number of amidine groups is 1. The Morgan fingerprint density at radius 1 is 1.38 bits per heavy atom. The number of halogens is 1. The SMILES string of the molecule is NC(=O)C1=CNN2C1=NC=CC2(C(N)=O)[C@H]1CCOc2cc(F)ccc21. The average Bonchev–Trinajstić information content (AvgIpc) is 3.05. The van der Waals surface area contributed by atoms with Gasteiger partial charge < -0.3 is 21.6 Å². The summed E-state index contributed by atoms with van der Waals surface area (Å²) in [5.41, 5.74) is 13.5. The highest BCUT2D eigenvalue weighted by atomic mass is 19.1. The fourth-order valence-electron chi connectivity index (χ4n) is 3.72. The van der Waals surface area contributed by atoms with Gasteiger partial charge in [-0.25, -0.2) is 14.4 Å². The summed E-state index contributed by atoms with van der Waals surface area (Å²) in [5.74, 6) is -1.62. The third kappa shape index (κ3) is 2.10. The van der Waals surface area contributed by atoms with Gasteiger partial charge in [-0.3, -0.25) is 9.59 Å². The van der Waals surface area contributed by atoms with E-state index < -0.39 is 29.1 Å².